The maximum atomic E-state index is 13.8. The van der Waals surface area contributed by atoms with Crippen molar-refractivity contribution in [1.29, 1.82) is 0 Å². The van der Waals surface area contributed by atoms with Gasteiger partial charge in [-0.25, -0.2) is 4.79 Å². The molecule has 1 aliphatic carbocycles. The molecule has 35 heavy (non-hydrogen) atoms. The van der Waals surface area contributed by atoms with Crippen molar-refractivity contribution in [1.82, 2.24) is 15.2 Å². The first-order valence-corrected chi connectivity index (χ1v) is 14.6. The van der Waals surface area contributed by atoms with Crippen molar-refractivity contribution in [3.05, 3.63) is 41.2 Å². The number of nitrogens with one attached hydrogen (secondary N) is 1. The van der Waals surface area contributed by atoms with Gasteiger partial charge in [-0.15, -0.1) is 0 Å². The molecule has 7 nitrogen and oxygen atoms in total. The monoisotopic (exact) mass is 513 g/mol. The van der Waals surface area contributed by atoms with E-state index in [1.165, 1.54) is 0 Å². The molecule has 0 spiro atoms. The second-order valence-corrected chi connectivity index (χ2v) is 15.7. The van der Waals surface area contributed by atoms with Gasteiger partial charge in [0, 0.05) is 38.0 Å². The fourth-order valence-electron chi connectivity index (χ4n) is 4.31. The van der Waals surface area contributed by atoms with Crippen LogP contribution in [0, 0.1) is 5.41 Å². The number of fused-ring (bicyclic) bond motifs is 1. The standard InChI is InChI=1S/C24H34F3N3O4Si/c1-22(2,3)35(4,5)34-11-9-23(8-6-18(13-23)29-21(32)33)20(31)30-10-7-19-16(15-30)12-17(14-28-19)24(25,26)27/h6,8,12,14,18,29H,7,9-11,13,15H2,1-5H3,(H,32,33)/t18-,23-/m1/s1. The van der Waals surface area contributed by atoms with Gasteiger partial charge in [0.15, 0.2) is 8.32 Å². The fourth-order valence-corrected chi connectivity index (χ4v) is 5.36. The number of hydrogen-bond donors (Lipinski definition) is 2. The summed E-state index contributed by atoms with van der Waals surface area (Å²) < 4.78 is 45.9. The molecule has 0 saturated heterocycles. The first-order chi connectivity index (χ1) is 16.0. The van der Waals surface area contributed by atoms with Crippen molar-refractivity contribution in [2.24, 2.45) is 5.41 Å². The van der Waals surface area contributed by atoms with E-state index in [-0.39, 0.29) is 23.9 Å². The molecule has 0 radical (unpaired) electrons. The molecule has 11 heteroatoms. The SMILES string of the molecule is CC(C)(C)[Si](C)(C)OCC[C@]1(C(=O)N2CCc3ncc(C(F)(F)F)cc3C2)C=C[C@@H](NC(=O)O)C1. The molecule has 2 N–H and O–H groups in total. The third-order valence-corrected chi connectivity index (χ3v) is 12.0. The van der Waals surface area contributed by atoms with Crippen LogP contribution in [0.2, 0.25) is 18.1 Å². The molecule has 0 aromatic carbocycles. The van der Waals surface area contributed by atoms with Gasteiger partial charge in [0.05, 0.1) is 17.0 Å². The van der Waals surface area contributed by atoms with E-state index in [0.29, 0.717) is 37.3 Å². The zero-order valence-electron chi connectivity index (χ0n) is 20.8. The number of pyridine rings is 1. The van der Waals surface area contributed by atoms with E-state index in [4.69, 9.17) is 9.53 Å². The highest BCUT2D eigenvalue weighted by Gasteiger charge is 2.46. The van der Waals surface area contributed by atoms with Crippen LogP contribution in [0.1, 0.15) is 50.4 Å². The number of hydrogen-bond acceptors (Lipinski definition) is 4. The average molecular weight is 514 g/mol. The lowest BCUT2D eigenvalue weighted by Crippen LogP contribution is -2.48. The minimum Gasteiger partial charge on any atom is -0.465 e. The first-order valence-electron chi connectivity index (χ1n) is 11.7. The Morgan fingerprint density at radius 1 is 1.31 bits per heavy atom. The third kappa shape index (κ3) is 6.06. The molecule has 194 valence electrons. The molecule has 0 saturated carbocycles. The molecule has 0 unspecified atom stereocenters. The summed E-state index contributed by atoms with van der Waals surface area (Å²) in [4.78, 5) is 30.5. The molecule has 1 aromatic rings. The van der Waals surface area contributed by atoms with E-state index in [2.05, 4.69) is 44.2 Å². The van der Waals surface area contributed by atoms with E-state index in [1.807, 2.05) is 0 Å². The van der Waals surface area contributed by atoms with Gasteiger partial charge in [-0.2, -0.15) is 13.2 Å². The minimum absolute atomic E-state index is 0.0111. The average Bonchev–Trinajstić information content (AvgIpc) is 3.13. The number of aromatic nitrogens is 1. The number of carboxylic acid groups (broad SMARTS) is 1. The van der Waals surface area contributed by atoms with Crippen molar-refractivity contribution in [3.8, 4) is 0 Å². The molecule has 2 heterocycles. The molecule has 2 aliphatic rings. The summed E-state index contributed by atoms with van der Waals surface area (Å²) >= 11 is 0. The highest BCUT2D eigenvalue weighted by molar-refractivity contribution is 6.74. The second-order valence-electron chi connectivity index (χ2n) is 10.9. The normalized spacial score (nSPS) is 22.7. The van der Waals surface area contributed by atoms with Crippen molar-refractivity contribution in [2.45, 2.75) is 76.9 Å². The lowest BCUT2D eigenvalue weighted by molar-refractivity contribution is -0.141. The lowest BCUT2D eigenvalue weighted by Gasteiger charge is -2.39. The Morgan fingerprint density at radius 3 is 2.60 bits per heavy atom. The number of halogens is 3. The minimum atomic E-state index is -4.51. The number of amides is 2. The van der Waals surface area contributed by atoms with Crippen molar-refractivity contribution >= 4 is 20.3 Å². The number of nitrogens with zero attached hydrogens (tertiary/aromatic N) is 2. The number of carbonyl (C=O) groups is 2. The van der Waals surface area contributed by atoms with Gasteiger partial charge in [0.1, 0.15) is 0 Å². The maximum Gasteiger partial charge on any atom is 0.417 e. The molecular formula is C24H34F3N3O4Si. The largest absolute Gasteiger partial charge is 0.465 e. The van der Waals surface area contributed by atoms with E-state index in [1.54, 1.807) is 17.1 Å². The Hall–Kier alpha value is -2.40. The molecule has 2 atom stereocenters. The Bertz CT molecular complexity index is 1010. The van der Waals surface area contributed by atoms with Crippen LogP contribution >= 0.6 is 0 Å². The predicted octanol–water partition coefficient (Wildman–Crippen LogP) is 4.98. The third-order valence-electron chi connectivity index (χ3n) is 7.44. The summed E-state index contributed by atoms with van der Waals surface area (Å²) in [5.41, 5.74) is -0.893. The summed E-state index contributed by atoms with van der Waals surface area (Å²) in [6, 6.07) is 0.536. The van der Waals surface area contributed by atoms with Gasteiger partial charge in [-0.1, -0.05) is 32.9 Å². The second kappa shape index (κ2) is 9.57. The molecule has 1 aliphatic heterocycles. The highest BCUT2D eigenvalue weighted by atomic mass is 28.4. The van der Waals surface area contributed by atoms with Crippen LogP contribution in [0.3, 0.4) is 0 Å². The van der Waals surface area contributed by atoms with Gasteiger partial charge in [0.2, 0.25) is 5.91 Å². The Labute approximate surface area is 204 Å². The van der Waals surface area contributed by atoms with Gasteiger partial charge in [0.25, 0.3) is 0 Å². The Kier molecular flexibility index (Phi) is 7.43. The van der Waals surface area contributed by atoms with Crippen molar-refractivity contribution in [3.63, 3.8) is 0 Å². The maximum absolute atomic E-state index is 13.8. The molecule has 2 amide bonds. The van der Waals surface area contributed by atoms with Crippen LogP contribution < -0.4 is 5.32 Å². The van der Waals surface area contributed by atoms with E-state index < -0.39 is 37.6 Å². The summed E-state index contributed by atoms with van der Waals surface area (Å²) in [7, 11) is -2.07. The summed E-state index contributed by atoms with van der Waals surface area (Å²) in [5.74, 6) is -0.231. The van der Waals surface area contributed by atoms with Crippen LogP contribution in [0.15, 0.2) is 24.4 Å². The van der Waals surface area contributed by atoms with Gasteiger partial charge >= 0.3 is 12.3 Å². The van der Waals surface area contributed by atoms with Gasteiger partial charge in [-0.3, -0.25) is 9.78 Å². The first kappa shape index (κ1) is 27.2. The van der Waals surface area contributed by atoms with Crippen LogP contribution in [-0.4, -0.2) is 54.5 Å². The van der Waals surface area contributed by atoms with Crippen LogP contribution in [-0.2, 0) is 28.4 Å². The number of rotatable bonds is 6. The Balaban J connectivity index is 1.81. The summed E-state index contributed by atoms with van der Waals surface area (Å²) in [6.45, 7) is 11.3. The zero-order valence-corrected chi connectivity index (χ0v) is 21.8. The fraction of sp³-hybridized carbons (Fsp3) is 0.625. The van der Waals surface area contributed by atoms with E-state index in [9.17, 15) is 22.8 Å². The lowest BCUT2D eigenvalue weighted by atomic mass is 9.81. The van der Waals surface area contributed by atoms with Crippen molar-refractivity contribution < 1.29 is 32.3 Å². The highest BCUT2D eigenvalue weighted by Crippen LogP contribution is 2.41. The van der Waals surface area contributed by atoms with Crippen molar-refractivity contribution in [2.75, 3.05) is 13.2 Å². The smallest absolute Gasteiger partial charge is 0.417 e. The predicted molar refractivity (Wildman–Crippen MR) is 127 cm³/mol. The van der Waals surface area contributed by atoms with Gasteiger partial charge < -0.3 is 19.7 Å². The molecular weight excluding hydrogens is 479 g/mol. The van der Waals surface area contributed by atoms with Crippen LogP contribution in [0.4, 0.5) is 18.0 Å². The number of carbonyl (C=O) groups excluding carboxylic acids is 1. The van der Waals surface area contributed by atoms with Gasteiger partial charge in [-0.05, 0) is 42.6 Å². The Morgan fingerprint density at radius 2 is 2.00 bits per heavy atom. The zero-order chi connectivity index (χ0) is 26.2. The molecule has 0 fully saturated rings. The number of alkyl halides is 3. The summed E-state index contributed by atoms with van der Waals surface area (Å²) in [6.07, 6.45) is -0.489. The van der Waals surface area contributed by atoms with Crippen LogP contribution in [0.5, 0.6) is 0 Å². The topological polar surface area (TPSA) is 91.8 Å². The molecule has 0 bridgehead atoms. The quantitative estimate of drug-likeness (QED) is 0.414. The molecule has 3 rings (SSSR count). The van der Waals surface area contributed by atoms with E-state index >= 15 is 0 Å². The van der Waals surface area contributed by atoms with Crippen LogP contribution in [0.25, 0.3) is 0 Å². The molecule has 1 aromatic heterocycles. The van der Waals surface area contributed by atoms with E-state index in [0.717, 1.165) is 12.3 Å². The summed E-state index contributed by atoms with van der Waals surface area (Å²) in [5, 5.41) is 11.6.